The van der Waals surface area contributed by atoms with Crippen LogP contribution in [0.4, 0.5) is 5.82 Å². The summed E-state index contributed by atoms with van der Waals surface area (Å²) in [6, 6.07) is 7.57. The number of fused-ring (bicyclic) bond motifs is 1. The topological polar surface area (TPSA) is 116 Å². The van der Waals surface area contributed by atoms with Crippen molar-refractivity contribution in [3.05, 3.63) is 42.5 Å². The molecule has 0 aromatic carbocycles. The summed E-state index contributed by atoms with van der Waals surface area (Å²) in [5, 5.41) is 16.9. The molecule has 9 heteroatoms. The third-order valence-corrected chi connectivity index (χ3v) is 6.38. The normalized spacial score (nSPS) is 23.2. The fourth-order valence-corrected chi connectivity index (χ4v) is 4.57. The maximum atomic E-state index is 13.5. The van der Waals surface area contributed by atoms with Crippen LogP contribution in [-0.2, 0) is 4.79 Å². The van der Waals surface area contributed by atoms with E-state index in [4.69, 9.17) is 4.98 Å². The van der Waals surface area contributed by atoms with Crippen molar-refractivity contribution < 1.29 is 9.59 Å². The van der Waals surface area contributed by atoms with Gasteiger partial charge in [0.25, 0.3) is 5.91 Å². The first kappa shape index (κ1) is 19.2. The predicted molar refractivity (Wildman–Crippen MR) is 112 cm³/mol. The van der Waals surface area contributed by atoms with E-state index in [-0.39, 0.29) is 29.3 Å². The van der Waals surface area contributed by atoms with Gasteiger partial charge in [-0.05, 0) is 37.0 Å². The first-order valence-electron chi connectivity index (χ1n) is 10.3. The highest BCUT2D eigenvalue weighted by Gasteiger charge is 2.61. The van der Waals surface area contributed by atoms with Crippen LogP contribution in [0.5, 0.6) is 0 Å². The van der Waals surface area contributed by atoms with Gasteiger partial charge in [-0.2, -0.15) is 10.4 Å². The van der Waals surface area contributed by atoms with E-state index in [2.05, 4.69) is 21.5 Å². The molecule has 0 bridgehead atoms. The molecule has 1 saturated heterocycles. The SMILES string of the molecule is CNC(=O)c1cc(-c2cn3nccc3c(N3C[C@@H](C)[C@@](C#N)(C4CC4)C3=O)n2)ccn1. The summed E-state index contributed by atoms with van der Waals surface area (Å²) in [4.78, 5) is 36.0. The Morgan fingerprint density at radius 3 is 2.84 bits per heavy atom. The fraction of sp³-hybridized carbons (Fsp3) is 0.364. The predicted octanol–water partition coefficient (Wildman–Crippen LogP) is 2.05. The average Bonchev–Trinajstić information content (AvgIpc) is 3.47. The second-order valence-electron chi connectivity index (χ2n) is 8.19. The van der Waals surface area contributed by atoms with Gasteiger partial charge in [0.1, 0.15) is 16.6 Å². The number of nitrogens with zero attached hydrogens (tertiary/aromatic N) is 6. The Hall–Kier alpha value is -3.80. The van der Waals surface area contributed by atoms with E-state index in [1.807, 2.05) is 6.92 Å². The standard InChI is InChI=1S/C22H21N7O2/c1-13-10-28(21(31)22(13,12-23)15-3-4-15)19-18-6-8-26-29(18)11-17(27-19)14-5-7-25-16(9-14)20(30)24-2/h5-9,11,13,15H,3-4,10H2,1-2H3,(H,24,30)/t13-,22+/m1/s1. The monoisotopic (exact) mass is 415 g/mol. The van der Waals surface area contributed by atoms with Crippen LogP contribution in [0.25, 0.3) is 16.8 Å². The Morgan fingerprint density at radius 2 is 2.13 bits per heavy atom. The van der Waals surface area contributed by atoms with Gasteiger partial charge in [-0.25, -0.2) is 9.50 Å². The number of pyridine rings is 1. The highest BCUT2D eigenvalue weighted by Crippen LogP contribution is 2.54. The molecule has 2 atom stereocenters. The second kappa shape index (κ2) is 6.87. The lowest BCUT2D eigenvalue weighted by Crippen LogP contribution is -2.37. The lowest BCUT2D eigenvalue weighted by Gasteiger charge is -2.23. The lowest BCUT2D eigenvalue weighted by molar-refractivity contribution is -0.124. The van der Waals surface area contributed by atoms with Gasteiger partial charge < -0.3 is 5.32 Å². The third-order valence-electron chi connectivity index (χ3n) is 6.38. The van der Waals surface area contributed by atoms with Crippen LogP contribution in [-0.4, -0.2) is 45.0 Å². The summed E-state index contributed by atoms with van der Waals surface area (Å²) in [5.74, 6) is 0.0200. The molecule has 31 heavy (non-hydrogen) atoms. The molecular weight excluding hydrogens is 394 g/mol. The van der Waals surface area contributed by atoms with Crippen LogP contribution in [0.3, 0.4) is 0 Å². The van der Waals surface area contributed by atoms with Gasteiger partial charge in [-0.1, -0.05) is 6.92 Å². The molecule has 1 N–H and O–H groups in total. The van der Waals surface area contributed by atoms with Crippen LogP contribution >= 0.6 is 0 Å². The summed E-state index contributed by atoms with van der Waals surface area (Å²) in [6.45, 7) is 2.40. The molecule has 0 unspecified atom stereocenters. The highest BCUT2D eigenvalue weighted by molar-refractivity contribution is 6.04. The Bertz CT molecular complexity index is 1260. The van der Waals surface area contributed by atoms with Gasteiger partial charge in [0.05, 0.1) is 24.2 Å². The summed E-state index contributed by atoms with van der Waals surface area (Å²) in [6.07, 6.45) is 6.77. The molecule has 2 aliphatic rings. The molecule has 2 amide bonds. The molecule has 3 aromatic heterocycles. The van der Waals surface area contributed by atoms with Gasteiger partial charge in [-0.3, -0.25) is 19.5 Å². The zero-order valence-corrected chi connectivity index (χ0v) is 17.2. The number of rotatable bonds is 4. The van der Waals surface area contributed by atoms with Crippen LogP contribution in [0.2, 0.25) is 0 Å². The van der Waals surface area contributed by atoms with Crippen molar-refractivity contribution in [3.63, 3.8) is 0 Å². The van der Waals surface area contributed by atoms with Crippen molar-refractivity contribution in [1.82, 2.24) is 24.9 Å². The van der Waals surface area contributed by atoms with Crippen molar-refractivity contribution in [3.8, 4) is 17.3 Å². The number of anilines is 1. The highest BCUT2D eigenvalue weighted by atomic mass is 16.2. The quantitative estimate of drug-likeness (QED) is 0.697. The zero-order valence-electron chi connectivity index (χ0n) is 17.2. The summed E-state index contributed by atoms with van der Waals surface area (Å²) >= 11 is 0. The smallest absolute Gasteiger partial charge is 0.269 e. The second-order valence-corrected chi connectivity index (χ2v) is 8.19. The minimum Gasteiger partial charge on any atom is -0.354 e. The van der Waals surface area contributed by atoms with Crippen LogP contribution in [0.1, 0.15) is 30.3 Å². The molecule has 9 nitrogen and oxygen atoms in total. The fourth-order valence-electron chi connectivity index (χ4n) is 4.57. The lowest BCUT2D eigenvalue weighted by atomic mass is 9.75. The van der Waals surface area contributed by atoms with Crippen LogP contribution in [0.15, 0.2) is 36.8 Å². The summed E-state index contributed by atoms with van der Waals surface area (Å²) in [7, 11) is 1.55. The molecular formula is C22H21N7O2. The largest absolute Gasteiger partial charge is 0.354 e. The molecule has 2 fully saturated rings. The van der Waals surface area contributed by atoms with Gasteiger partial charge in [0, 0.05) is 31.3 Å². The summed E-state index contributed by atoms with van der Waals surface area (Å²) < 4.78 is 1.67. The summed E-state index contributed by atoms with van der Waals surface area (Å²) in [5.41, 5.74) is 1.21. The number of carbonyl (C=O) groups is 2. The van der Waals surface area contributed by atoms with E-state index >= 15 is 0 Å². The van der Waals surface area contributed by atoms with E-state index < -0.39 is 5.41 Å². The number of hydrogen-bond donors (Lipinski definition) is 1. The molecule has 1 aliphatic carbocycles. The Morgan fingerprint density at radius 1 is 1.32 bits per heavy atom. The average molecular weight is 415 g/mol. The molecule has 3 aromatic rings. The number of carbonyl (C=O) groups excluding carboxylic acids is 2. The Kier molecular flexibility index (Phi) is 4.25. The maximum Gasteiger partial charge on any atom is 0.269 e. The van der Waals surface area contributed by atoms with Crippen LogP contribution < -0.4 is 10.2 Å². The van der Waals surface area contributed by atoms with E-state index in [0.717, 1.165) is 12.8 Å². The molecule has 0 radical (unpaired) electrons. The van der Waals surface area contributed by atoms with Crippen molar-refractivity contribution in [2.45, 2.75) is 19.8 Å². The van der Waals surface area contributed by atoms with E-state index in [0.29, 0.717) is 29.1 Å². The maximum absolute atomic E-state index is 13.5. The first-order chi connectivity index (χ1) is 15.0. The molecule has 1 saturated carbocycles. The van der Waals surface area contributed by atoms with Crippen molar-refractivity contribution in [2.24, 2.45) is 17.3 Å². The number of amides is 2. The van der Waals surface area contributed by atoms with E-state index in [1.54, 1.807) is 53.3 Å². The van der Waals surface area contributed by atoms with Gasteiger partial charge in [-0.15, -0.1) is 0 Å². The van der Waals surface area contributed by atoms with Crippen molar-refractivity contribution >= 4 is 23.1 Å². The molecule has 1 aliphatic heterocycles. The minimum atomic E-state index is -0.988. The number of aromatic nitrogens is 4. The third kappa shape index (κ3) is 2.79. The van der Waals surface area contributed by atoms with Gasteiger partial charge >= 0.3 is 0 Å². The molecule has 5 rings (SSSR count). The van der Waals surface area contributed by atoms with Crippen molar-refractivity contribution in [2.75, 3.05) is 18.5 Å². The number of nitrogens with one attached hydrogen (secondary N) is 1. The minimum absolute atomic E-state index is 0.0910. The Balaban J connectivity index is 1.63. The number of nitriles is 1. The molecule has 4 heterocycles. The van der Waals surface area contributed by atoms with Gasteiger partial charge in [0.2, 0.25) is 5.91 Å². The number of hydrogen-bond acceptors (Lipinski definition) is 6. The van der Waals surface area contributed by atoms with Crippen molar-refractivity contribution in [1.29, 1.82) is 5.26 Å². The molecule has 0 spiro atoms. The first-order valence-corrected chi connectivity index (χ1v) is 10.3. The van der Waals surface area contributed by atoms with E-state index in [1.165, 1.54) is 0 Å². The zero-order chi connectivity index (χ0) is 21.8. The van der Waals surface area contributed by atoms with E-state index in [9.17, 15) is 14.9 Å². The Labute approximate surface area is 178 Å². The van der Waals surface area contributed by atoms with Crippen LogP contribution in [0, 0.1) is 28.6 Å². The molecule has 156 valence electrons. The van der Waals surface area contributed by atoms with Gasteiger partial charge in [0.15, 0.2) is 5.82 Å².